The average molecular weight is 316 g/mol. The molecule has 1 unspecified atom stereocenters. The van der Waals surface area contributed by atoms with E-state index in [1.54, 1.807) is 0 Å². The molecular weight excluding hydrogens is 297 g/mol. The highest BCUT2D eigenvalue weighted by Crippen LogP contribution is 2.41. The minimum atomic E-state index is -0.163. The first-order valence-corrected chi connectivity index (χ1v) is 7.56. The lowest BCUT2D eigenvalue weighted by atomic mass is 9.68. The second kappa shape index (κ2) is 5.82. The maximum Gasteiger partial charge on any atom is 0.228 e. The summed E-state index contributed by atoms with van der Waals surface area (Å²) < 4.78 is 0. The number of amides is 1. The summed E-state index contributed by atoms with van der Waals surface area (Å²) in [6.45, 7) is 4.26. The Balaban J connectivity index is 2.15. The summed E-state index contributed by atoms with van der Waals surface area (Å²) >= 11 is 11.7. The number of rotatable bonds is 2. The quantitative estimate of drug-likeness (QED) is 0.766. The molecule has 1 saturated carbocycles. The van der Waals surface area contributed by atoms with Gasteiger partial charge in [-0.1, -0.05) is 49.9 Å². The zero-order chi connectivity index (χ0) is 14.9. The molecule has 3 nitrogen and oxygen atoms in total. The fourth-order valence-electron chi connectivity index (χ4n) is 2.85. The third kappa shape index (κ3) is 3.21. The molecule has 1 aliphatic carbocycles. The molecule has 20 heavy (non-hydrogen) atoms. The van der Waals surface area contributed by atoms with E-state index in [9.17, 15) is 9.90 Å². The van der Waals surface area contributed by atoms with Crippen molar-refractivity contribution in [3.63, 3.8) is 0 Å². The van der Waals surface area contributed by atoms with Crippen molar-refractivity contribution < 1.29 is 9.90 Å². The van der Waals surface area contributed by atoms with Gasteiger partial charge < -0.3 is 10.4 Å². The molecule has 0 spiro atoms. The van der Waals surface area contributed by atoms with E-state index in [4.69, 9.17) is 23.2 Å². The Bertz CT molecular complexity index is 506. The number of hydrogen-bond acceptors (Lipinski definition) is 2. The molecule has 1 aliphatic rings. The smallest absolute Gasteiger partial charge is 0.228 e. The van der Waals surface area contributed by atoms with Gasteiger partial charge in [0.2, 0.25) is 5.91 Å². The summed E-state index contributed by atoms with van der Waals surface area (Å²) in [6.07, 6.45) is 4.22. The summed E-state index contributed by atoms with van der Waals surface area (Å²) in [6, 6.07) is 3.02. The van der Waals surface area contributed by atoms with Crippen LogP contribution >= 0.6 is 23.2 Å². The van der Waals surface area contributed by atoms with Crippen molar-refractivity contribution in [2.75, 3.05) is 5.32 Å². The third-order valence-electron chi connectivity index (χ3n) is 4.11. The SMILES string of the molecule is CC1(C)CCCCC1C(=O)Nc1cc(Cl)c(O)c(Cl)c1. The first-order chi connectivity index (χ1) is 9.31. The van der Waals surface area contributed by atoms with E-state index in [-0.39, 0.29) is 33.0 Å². The molecule has 1 amide bonds. The molecule has 0 heterocycles. The van der Waals surface area contributed by atoms with Crippen LogP contribution in [0.5, 0.6) is 5.75 Å². The number of nitrogens with one attached hydrogen (secondary N) is 1. The highest BCUT2D eigenvalue weighted by Gasteiger charge is 2.37. The van der Waals surface area contributed by atoms with Crippen molar-refractivity contribution >= 4 is 34.8 Å². The highest BCUT2D eigenvalue weighted by atomic mass is 35.5. The predicted molar refractivity (Wildman–Crippen MR) is 82.5 cm³/mol. The minimum Gasteiger partial charge on any atom is -0.505 e. The summed E-state index contributed by atoms with van der Waals surface area (Å²) in [4.78, 5) is 12.4. The van der Waals surface area contributed by atoms with Crippen molar-refractivity contribution in [1.82, 2.24) is 0 Å². The van der Waals surface area contributed by atoms with Gasteiger partial charge in [0.15, 0.2) is 5.75 Å². The van der Waals surface area contributed by atoms with Gasteiger partial charge in [-0.2, -0.15) is 0 Å². The number of halogens is 2. The number of anilines is 1. The zero-order valence-corrected chi connectivity index (χ0v) is 13.2. The first-order valence-electron chi connectivity index (χ1n) is 6.80. The molecule has 1 aromatic carbocycles. The molecule has 0 aliphatic heterocycles. The van der Waals surface area contributed by atoms with Crippen LogP contribution in [0.4, 0.5) is 5.69 Å². The Morgan fingerprint density at radius 2 is 1.90 bits per heavy atom. The Kier molecular flexibility index (Phi) is 4.50. The zero-order valence-electron chi connectivity index (χ0n) is 11.7. The average Bonchev–Trinajstić information content (AvgIpc) is 2.35. The molecule has 2 N–H and O–H groups in total. The van der Waals surface area contributed by atoms with Gasteiger partial charge in [0, 0.05) is 11.6 Å². The van der Waals surface area contributed by atoms with Crippen molar-refractivity contribution in [2.45, 2.75) is 39.5 Å². The number of aromatic hydroxyl groups is 1. The fraction of sp³-hybridized carbons (Fsp3) is 0.533. The summed E-state index contributed by atoms with van der Waals surface area (Å²) in [5.74, 6) is -0.181. The maximum atomic E-state index is 12.4. The molecule has 0 bridgehead atoms. The van der Waals surface area contributed by atoms with Crippen molar-refractivity contribution in [3.8, 4) is 5.75 Å². The van der Waals surface area contributed by atoms with Gasteiger partial charge in [0.05, 0.1) is 10.0 Å². The predicted octanol–water partition coefficient (Wildman–Crippen LogP) is 4.85. The van der Waals surface area contributed by atoms with Crippen LogP contribution in [0.1, 0.15) is 39.5 Å². The van der Waals surface area contributed by atoms with E-state index >= 15 is 0 Å². The van der Waals surface area contributed by atoms with Crippen LogP contribution in [0.15, 0.2) is 12.1 Å². The topological polar surface area (TPSA) is 49.3 Å². The molecule has 5 heteroatoms. The molecule has 2 rings (SSSR count). The number of phenols is 1. The van der Waals surface area contributed by atoms with E-state index < -0.39 is 0 Å². The number of benzene rings is 1. The second-order valence-electron chi connectivity index (χ2n) is 6.06. The Hall–Kier alpha value is -0.930. The Labute approximate surface area is 129 Å². The molecule has 0 aromatic heterocycles. The minimum absolute atomic E-state index is 0.00679. The van der Waals surface area contributed by atoms with Crippen LogP contribution in [-0.2, 0) is 4.79 Å². The summed E-state index contributed by atoms with van der Waals surface area (Å²) in [5.41, 5.74) is 0.525. The fourth-order valence-corrected chi connectivity index (χ4v) is 3.33. The third-order valence-corrected chi connectivity index (χ3v) is 4.68. The lowest BCUT2D eigenvalue weighted by Crippen LogP contribution is -2.37. The van der Waals surface area contributed by atoms with E-state index in [2.05, 4.69) is 19.2 Å². The van der Waals surface area contributed by atoms with Gasteiger partial charge >= 0.3 is 0 Å². The largest absolute Gasteiger partial charge is 0.505 e. The standard InChI is InChI=1S/C15H19Cl2NO2/c1-15(2)6-4-3-5-10(15)14(20)18-9-7-11(16)13(19)12(17)8-9/h7-8,10,19H,3-6H2,1-2H3,(H,18,20). The Morgan fingerprint density at radius 1 is 1.30 bits per heavy atom. The molecule has 110 valence electrons. The van der Waals surface area contributed by atoms with Crippen LogP contribution in [0.2, 0.25) is 10.0 Å². The molecule has 0 saturated heterocycles. The monoisotopic (exact) mass is 315 g/mol. The normalized spacial score (nSPS) is 21.5. The number of phenolic OH excluding ortho intramolecular Hbond substituents is 1. The van der Waals surface area contributed by atoms with E-state index in [0.717, 1.165) is 19.3 Å². The van der Waals surface area contributed by atoms with Crippen molar-refractivity contribution in [2.24, 2.45) is 11.3 Å². The van der Waals surface area contributed by atoms with Crippen LogP contribution in [-0.4, -0.2) is 11.0 Å². The van der Waals surface area contributed by atoms with Crippen LogP contribution in [0.25, 0.3) is 0 Å². The number of carbonyl (C=O) groups excluding carboxylic acids is 1. The summed E-state index contributed by atoms with van der Waals surface area (Å²) in [5, 5.41) is 12.6. The van der Waals surface area contributed by atoms with Crippen LogP contribution in [0, 0.1) is 11.3 Å². The van der Waals surface area contributed by atoms with E-state index in [1.165, 1.54) is 18.6 Å². The van der Waals surface area contributed by atoms with Crippen LogP contribution < -0.4 is 5.32 Å². The van der Waals surface area contributed by atoms with Gasteiger partial charge in [0.25, 0.3) is 0 Å². The van der Waals surface area contributed by atoms with Crippen LogP contribution in [0.3, 0.4) is 0 Å². The number of hydrogen-bond donors (Lipinski definition) is 2. The van der Waals surface area contributed by atoms with E-state index in [1.807, 2.05) is 0 Å². The lowest BCUT2D eigenvalue weighted by molar-refractivity contribution is -0.124. The lowest BCUT2D eigenvalue weighted by Gasteiger charge is -2.37. The van der Waals surface area contributed by atoms with Gasteiger partial charge in [-0.25, -0.2) is 0 Å². The molecule has 1 aromatic rings. The van der Waals surface area contributed by atoms with Gasteiger partial charge in [-0.15, -0.1) is 0 Å². The van der Waals surface area contributed by atoms with Gasteiger partial charge in [-0.05, 0) is 30.4 Å². The van der Waals surface area contributed by atoms with Gasteiger partial charge in [-0.3, -0.25) is 4.79 Å². The van der Waals surface area contributed by atoms with Crippen molar-refractivity contribution in [1.29, 1.82) is 0 Å². The highest BCUT2D eigenvalue weighted by molar-refractivity contribution is 6.37. The molecule has 1 fully saturated rings. The van der Waals surface area contributed by atoms with Gasteiger partial charge in [0.1, 0.15) is 0 Å². The molecule has 1 atom stereocenters. The van der Waals surface area contributed by atoms with Crippen molar-refractivity contribution in [3.05, 3.63) is 22.2 Å². The summed E-state index contributed by atoms with van der Waals surface area (Å²) in [7, 11) is 0. The Morgan fingerprint density at radius 3 is 2.45 bits per heavy atom. The number of carbonyl (C=O) groups is 1. The molecule has 0 radical (unpaired) electrons. The molecular formula is C15H19Cl2NO2. The first kappa shape index (κ1) is 15.5. The maximum absolute atomic E-state index is 12.4. The second-order valence-corrected chi connectivity index (χ2v) is 6.88. The van der Waals surface area contributed by atoms with E-state index in [0.29, 0.717) is 5.69 Å².